The van der Waals surface area contributed by atoms with Crippen molar-refractivity contribution in [3.05, 3.63) is 41.0 Å². The summed E-state index contributed by atoms with van der Waals surface area (Å²) >= 11 is 0. The molecule has 1 heterocycles. The molecule has 1 aromatic rings. The van der Waals surface area contributed by atoms with Gasteiger partial charge in [-0.05, 0) is 37.5 Å². The van der Waals surface area contributed by atoms with Crippen molar-refractivity contribution in [3.8, 4) is 0 Å². The van der Waals surface area contributed by atoms with Gasteiger partial charge >= 0.3 is 0 Å². The summed E-state index contributed by atoms with van der Waals surface area (Å²) in [6.07, 6.45) is 4.49. The lowest BCUT2D eigenvalue weighted by atomic mass is 10.1. The number of hydrogen-bond acceptors (Lipinski definition) is 3. The summed E-state index contributed by atoms with van der Waals surface area (Å²) in [5, 5.41) is 2.89. The lowest BCUT2D eigenvalue weighted by Crippen LogP contribution is -2.50. The zero-order valence-electron chi connectivity index (χ0n) is 15.5. The molecule has 2 amide bonds. The first-order chi connectivity index (χ1) is 12.0. The average molecular weight is 343 g/mol. The highest BCUT2D eigenvalue weighted by atomic mass is 16.2. The van der Waals surface area contributed by atoms with E-state index in [0.717, 1.165) is 31.6 Å². The van der Waals surface area contributed by atoms with Crippen molar-refractivity contribution in [2.75, 3.05) is 39.3 Å². The van der Waals surface area contributed by atoms with Gasteiger partial charge in [0, 0.05) is 38.8 Å². The minimum Gasteiger partial charge on any atom is -0.355 e. The molecule has 1 aliphatic rings. The second-order valence-corrected chi connectivity index (χ2v) is 6.64. The Morgan fingerprint density at radius 2 is 1.88 bits per heavy atom. The second-order valence-electron chi connectivity index (χ2n) is 6.64. The lowest BCUT2D eigenvalue weighted by Gasteiger charge is -2.33. The van der Waals surface area contributed by atoms with Crippen LogP contribution in [0.5, 0.6) is 0 Å². The number of benzene rings is 1. The second kappa shape index (κ2) is 9.37. The Morgan fingerprint density at radius 3 is 2.52 bits per heavy atom. The van der Waals surface area contributed by atoms with Crippen LogP contribution in [0.4, 0.5) is 0 Å². The first kappa shape index (κ1) is 19.2. The van der Waals surface area contributed by atoms with Crippen LogP contribution in [-0.2, 0) is 9.59 Å². The maximum Gasteiger partial charge on any atom is 0.246 e. The van der Waals surface area contributed by atoms with E-state index in [4.69, 9.17) is 0 Å². The standard InChI is InChI=1S/C20H29N3O2/c1-4-9-21-19(24)15-22-10-12-23(13-11-22)20(25)8-7-18-6-5-16(2)14-17(18)3/h5-8,14H,4,9-13,15H2,1-3H3,(H,21,24)/b8-7+. The quantitative estimate of drug-likeness (QED) is 0.804. The Kier molecular flexibility index (Phi) is 7.19. The molecular formula is C20H29N3O2. The molecular weight excluding hydrogens is 314 g/mol. The van der Waals surface area contributed by atoms with Crippen molar-refractivity contribution >= 4 is 17.9 Å². The predicted octanol–water partition coefficient (Wildman–Crippen LogP) is 1.99. The zero-order chi connectivity index (χ0) is 18.2. The fourth-order valence-corrected chi connectivity index (χ4v) is 2.93. The van der Waals surface area contributed by atoms with Gasteiger partial charge in [-0.1, -0.05) is 30.7 Å². The highest BCUT2D eigenvalue weighted by molar-refractivity contribution is 5.92. The Labute approximate surface area is 150 Å². The molecule has 0 radical (unpaired) electrons. The minimum absolute atomic E-state index is 0.0371. The Hall–Kier alpha value is -2.14. The summed E-state index contributed by atoms with van der Waals surface area (Å²) in [6, 6.07) is 6.22. The van der Waals surface area contributed by atoms with Gasteiger partial charge in [-0.3, -0.25) is 14.5 Å². The lowest BCUT2D eigenvalue weighted by molar-refractivity contribution is -0.128. The molecule has 1 fully saturated rings. The van der Waals surface area contributed by atoms with E-state index in [2.05, 4.69) is 36.2 Å². The molecule has 1 aliphatic heterocycles. The number of piperazine rings is 1. The van der Waals surface area contributed by atoms with Crippen LogP contribution >= 0.6 is 0 Å². The van der Waals surface area contributed by atoms with Crippen molar-refractivity contribution in [2.24, 2.45) is 0 Å². The zero-order valence-corrected chi connectivity index (χ0v) is 15.5. The van der Waals surface area contributed by atoms with Gasteiger partial charge in [0.05, 0.1) is 6.54 Å². The van der Waals surface area contributed by atoms with Crippen LogP contribution in [0.25, 0.3) is 6.08 Å². The van der Waals surface area contributed by atoms with Gasteiger partial charge in [0.2, 0.25) is 11.8 Å². The van der Waals surface area contributed by atoms with Crippen molar-refractivity contribution in [1.82, 2.24) is 15.1 Å². The summed E-state index contributed by atoms with van der Waals surface area (Å²) in [5.74, 6) is 0.103. The van der Waals surface area contributed by atoms with Gasteiger partial charge in [-0.15, -0.1) is 0 Å². The van der Waals surface area contributed by atoms with Gasteiger partial charge in [0.25, 0.3) is 0 Å². The van der Waals surface area contributed by atoms with Gasteiger partial charge in [0.1, 0.15) is 0 Å². The molecule has 1 aromatic carbocycles. The van der Waals surface area contributed by atoms with Crippen LogP contribution < -0.4 is 5.32 Å². The highest BCUT2D eigenvalue weighted by Gasteiger charge is 2.20. The maximum atomic E-state index is 12.4. The molecule has 0 atom stereocenters. The van der Waals surface area contributed by atoms with Crippen molar-refractivity contribution in [1.29, 1.82) is 0 Å². The van der Waals surface area contributed by atoms with E-state index < -0.39 is 0 Å². The first-order valence-corrected chi connectivity index (χ1v) is 9.03. The monoisotopic (exact) mass is 343 g/mol. The smallest absolute Gasteiger partial charge is 0.246 e. The van der Waals surface area contributed by atoms with E-state index in [1.807, 2.05) is 24.0 Å². The largest absolute Gasteiger partial charge is 0.355 e. The van der Waals surface area contributed by atoms with Crippen LogP contribution in [0.1, 0.15) is 30.0 Å². The SMILES string of the molecule is CCCNC(=O)CN1CCN(C(=O)/C=C/c2ccc(C)cc2C)CC1. The number of hydrogen-bond donors (Lipinski definition) is 1. The van der Waals surface area contributed by atoms with E-state index in [1.165, 1.54) is 11.1 Å². The normalized spacial score (nSPS) is 15.6. The van der Waals surface area contributed by atoms with Crippen molar-refractivity contribution < 1.29 is 9.59 Å². The molecule has 0 aliphatic carbocycles. The number of carbonyl (C=O) groups is 2. The van der Waals surface area contributed by atoms with Crippen LogP contribution in [0, 0.1) is 13.8 Å². The number of aryl methyl sites for hydroxylation is 2. The number of rotatable bonds is 6. The Bertz CT molecular complexity index is 632. The fourth-order valence-electron chi connectivity index (χ4n) is 2.93. The number of nitrogens with one attached hydrogen (secondary N) is 1. The third-order valence-electron chi connectivity index (χ3n) is 4.45. The fraction of sp³-hybridized carbons (Fsp3) is 0.500. The summed E-state index contributed by atoms with van der Waals surface area (Å²) in [6.45, 7) is 10.1. The molecule has 5 nitrogen and oxygen atoms in total. The molecule has 25 heavy (non-hydrogen) atoms. The molecule has 1 N–H and O–H groups in total. The molecule has 0 aromatic heterocycles. The van der Waals surface area contributed by atoms with Crippen molar-refractivity contribution in [3.63, 3.8) is 0 Å². The van der Waals surface area contributed by atoms with Gasteiger partial charge < -0.3 is 10.2 Å². The minimum atomic E-state index is 0.0371. The molecule has 136 valence electrons. The third kappa shape index (κ3) is 6.02. The summed E-state index contributed by atoms with van der Waals surface area (Å²) in [7, 11) is 0. The van der Waals surface area contributed by atoms with Crippen LogP contribution in [0.2, 0.25) is 0 Å². The third-order valence-corrected chi connectivity index (χ3v) is 4.45. The molecule has 0 saturated carbocycles. The van der Waals surface area contributed by atoms with Gasteiger partial charge in [-0.2, -0.15) is 0 Å². The Morgan fingerprint density at radius 1 is 1.16 bits per heavy atom. The molecule has 0 spiro atoms. The number of carbonyl (C=O) groups excluding carboxylic acids is 2. The topological polar surface area (TPSA) is 52.7 Å². The molecule has 1 saturated heterocycles. The van der Waals surface area contributed by atoms with Gasteiger partial charge in [0.15, 0.2) is 0 Å². The maximum absolute atomic E-state index is 12.4. The predicted molar refractivity (Wildman–Crippen MR) is 101 cm³/mol. The number of amides is 2. The van der Waals surface area contributed by atoms with Crippen molar-refractivity contribution in [2.45, 2.75) is 27.2 Å². The van der Waals surface area contributed by atoms with E-state index in [-0.39, 0.29) is 11.8 Å². The van der Waals surface area contributed by atoms with Gasteiger partial charge in [-0.25, -0.2) is 0 Å². The molecule has 0 bridgehead atoms. The van der Waals surface area contributed by atoms with Crippen LogP contribution in [0.3, 0.4) is 0 Å². The summed E-state index contributed by atoms with van der Waals surface area (Å²) in [4.78, 5) is 28.1. The molecule has 2 rings (SSSR count). The number of nitrogens with zero attached hydrogens (tertiary/aromatic N) is 2. The molecule has 5 heteroatoms. The summed E-state index contributed by atoms with van der Waals surface area (Å²) < 4.78 is 0. The molecule has 0 unspecified atom stereocenters. The van der Waals surface area contributed by atoms with E-state index in [1.54, 1.807) is 6.08 Å². The summed E-state index contributed by atoms with van der Waals surface area (Å²) in [5.41, 5.74) is 3.47. The first-order valence-electron chi connectivity index (χ1n) is 9.03. The van der Waals surface area contributed by atoms with E-state index >= 15 is 0 Å². The van der Waals surface area contributed by atoms with Crippen LogP contribution in [0.15, 0.2) is 24.3 Å². The Balaban J connectivity index is 1.81. The van der Waals surface area contributed by atoms with Crippen LogP contribution in [-0.4, -0.2) is 60.9 Å². The van der Waals surface area contributed by atoms with E-state index in [9.17, 15) is 9.59 Å². The average Bonchev–Trinajstić information content (AvgIpc) is 2.59. The highest BCUT2D eigenvalue weighted by Crippen LogP contribution is 2.12. The van der Waals surface area contributed by atoms with E-state index in [0.29, 0.717) is 19.6 Å².